The predicted octanol–water partition coefficient (Wildman–Crippen LogP) is 5.35. The first-order valence-electron chi connectivity index (χ1n) is 7.65. The number of aromatic nitrogens is 2. The maximum absolute atomic E-state index is 6.21. The Kier molecular flexibility index (Phi) is 3.71. The standard InChI is InChI=1S/C20H15ClN2O/c1-24-18-12-6-11-17-19(18)22-20(14-7-3-2-4-8-14)23(17)16-10-5-9-15(21)13-16/h2-13H,1H3. The molecule has 0 atom stereocenters. The third-order valence-corrected chi connectivity index (χ3v) is 4.20. The molecular formula is C20H15ClN2O. The highest BCUT2D eigenvalue weighted by Gasteiger charge is 2.16. The van der Waals surface area contributed by atoms with E-state index in [4.69, 9.17) is 21.3 Å². The van der Waals surface area contributed by atoms with E-state index < -0.39 is 0 Å². The summed E-state index contributed by atoms with van der Waals surface area (Å²) in [5.41, 5.74) is 3.82. The summed E-state index contributed by atoms with van der Waals surface area (Å²) in [5, 5.41) is 0.691. The Morgan fingerprint density at radius 1 is 0.917 bits per heavy atom. The van der Waals surface area contributed by atoms with E-state index in [1.165, 1.54) is 0 Å². The van der Waals surface area contributed by atoms with Gasteiger partial charge >= 0.3 is 0 Å². The van der Waals surface area contributed by atoms with Crippen molar-refractivity contribution < 1.29 is 4.74 Å². The van der Waals surface area contributed by atoms with Crippen LogP contribution in [0.4, 0.5) is 0 Å². The van der Waals surface area contributed by atoms with Gasteiger partial charge in [0.1, 0.15) is 17.1 Å². The summed E-state index contributed by atoms with van der Waals surface area (Å²) in [6.07, 6.45) is 0. The summed E-state index contributed by atoms with van der Waals surface area (Å²) in [4.78, 5) is 4.85. The lowest BCUT2D eigenvalue weighted by Crippen LogP contribution is -1.97. The lowest BCUT2D eigenvalue weighted by atomic mass is 10.2. The Bertz CT molecular complexity index is 1010. The molecule has 4 rings (SSSR count). The molecule has 0 N–H and O–H groups in total. The van der Waals surface area contributed by atoms with E-state index in [1.54, 1.807) is 7.11 Å². The minimum Gasteiger partial charge on any atom is -0.494 e. The maximum Gasteiger partial charge on any atom is 0.146 e. The van der Waals surface area contributed by atoms with Crippen LogP contribution >= 0.6 is 11.6 Å². The Morgan fingerprint density at radius 2 is 1.71 bits per heavy atom. The van der Waals surface area contributed by atoms with Gasteiger partial charge in [0.05, 0.1) is 12.6 Å². The second kappa shape index (κ2) is 6.02. The number of ether oxygens (including phenoxy) is 1. The Morgan fingerprint density at radius 3 is 2.46 bits per heavy atom. The van der Waals surface area contributed by atoms with E-state index in [-0.39, 0.29) is 0 Å². The molecule has 0 fully saturated rings. The molecule has 0 saturated heterocycles. The van der Waals surface area contributed by atoms with Crippen molar-refractivity contribution in [2.45, 2.75) is 0 Å². The van der Waals surface area contributed by atoms with Gasteiger partial charge in [-0.15, -0.1) is 0 Å². The molecule has 0 saturated carbocycles. The van der Waals surface area contributed by atoms with Crippen LogP contribution in [-0.4, -0.2) is 16.7 Å². The fourth-order valence-corrected chi connectivity index (χ4v) is 3.08. The van der Waals surface area contributed by atoms with E-state index in [2.05, 4.69) is 16.7 Å². The second-order valence-corrected chi connectivity index (χ2v) is 5.88. The molecule has 1 aromatic heterocycles. The van der Waals surface area contributed by atoms with E-state index in [1.807, 2.05) is 60.7 Å². The highest BCUT2D eigenvalue weighted by molar-refractivity contribution is 6.30. The lowest BCUT2D eigenvalue weighted by molar-refractivity contribution is 0.419. The zero-order valence-electron chi connectivity index (χ0n) is 13.1. The average Bonchev–Trinajstić information content (AvgIpc) is 3.02. The van der Waals surface area contributed by atoms with Crippen LogP contribution in [0.5, 0.6) is 5.75 Å². The maximum atomic E-state index is 6.21. The van der Waals surface area contributed by atoms with E-state index in [9.17, 15) is 0 Å². The van der Waals surface area contributed by atoms with Gasteiger partial charge in [0.25, 0.3) is 0 Å². The van der Waals surface area contributed by atoms with Crippen LogP contribution in [0, 0.1) is 0 Å². The van der Waals surface area contributed by atoms with Gasteiger partial charge in [0, 0.05) is 16.3 Å². The van der Waals surface area contributed by atoms with Crippen molar-refractivity contribution in [1.29, 1.82) is 0 Å². The molecule has 118 valence electrons. The molecule has 4 heteroatoms. The largest absolute Gasteiger partial charge is 0.494 e. The fraction of sp³-hybridized carbons (Fsp3) is 0.0500. The quantitative estimate of drug-likeness (QED) is 0.504. The van der Waals surface area contributed by atoms with Crippen molar-refractivity contribution in [2.75, 3.05) is 7.11 Å². The molecule has 1 heterocycles. The van der Waals surface area contributed by atoms with Crippen LogP contribution < -0.4 is 4.74 Å². The van der Waals surface area contributed by atoms with Crippen LogP contribution in [0.1, 0.15) is 0 Å². The number of hydrogen-bond acceptors (Lipinski definition) is 2. The molecule has 0 unspecified atom stereocenters. The molecule has 0 spiro atoms. The number of rotatable bonds is 3. The molecule has 4 aromatic rings. The SMILES string of the molecule is COc1cccc2c1nc(-c1ccccc1)n2-c1cccc(Cl)c1. The molecule has 24 heavy (non-hydrogen) atoms. The summed E-state index contributed by atoms with van der Waals surface area (Å²) in [6, 6.07) is 23.8. The van der Waals surface area contributed by atoms with Gasteiger partial charge < -0.3 is 4.74 Å². The van der Waals surface area contributed by atoms with Crippen molar-refractivity contribution in [3.8, 4) is 22.8 Å². The fourth-order valence-electron chi connectivity index (χ4n) is 2.90. The molecule has 0 aliphatic carbocycles. The number of benzene rings is 3. The van der Waals surface area contributed by atoms with Gasteiger partial charge in [-0.05, 0) is 30.3 Å². The normalized spacial score (nSPS) is 10.9. The molecule has 0 bridgehead atoms. The zero-order valence-corrected chi connectivity index (χ0v) is 13.9. The van der Waals surface area contributed by atoms with Gasteiger partial charge in [0.2, 0.25) is 0 Å². The van der Waals surface area contributed by atoms with Gasteiger partial charge in [-0.1, -0.05) is 54.1 Å². The van der Waals surface area contributed by atoms with Gasteiger partial charge in [-0.2, -0.15) is 0 Å². The first kappa shape index (κ1) is 14.8. The van der Waals surface area contributed by atoms with Crippen LogP contribution in [0.3, 0.4) is 0 Å². The topological polar surface area (TPSA) is 27.1 Å². The van der Waals surface area contributed by atoms with Crippen molar-refractivity contribution in [3.63, 3.8) is 0 Å². The third kappa shape index (κ3) is 2.43. The smallest absolute Gasteiger partial charge is 0.146 e. The number of fused-ring (bicyclic) bond motifs is 1. The molecule has 0 aliphatic rings. The highest BCUT2D eigenvalue weighted by Crippen LogP contribution is 2.33. The van der Waals surface area contributed by atoms with Gasteiger partial charge in [0.15, 0.2) is 0 Å². The van der Waals surface area contributed by atoms with Gasteiger partial charge in [-0.25, -0.2) is 4.98 Å². The van der Waals surface area contributed by atoms with Crippen LogP contribution in [-0.2, 0) is 0 Å². The average molecular weight is 335 g/mol. The van der Waals surface area contributed by atoms with Crippen molar-refractivity contribution in [2.24, 2.45) is 0 Å². The summed E-state index contributed by atoms with van der Waals surface area (Å²) in [7, 11) is 1.66. The minimum atomic E-state index is 0.691. The lowest BCUT2D eigenvalue weighted by Gasteiger charge is -2.10. The van der Waals surface area contributed by atoms with Crippen LogP contribution in [0.2, 0.25) is 5.02 Å². The molecule has 0 aliphatic heterocycles. The minimum absolute atomic E-state index is 0.691. The third-order valence-electron chi connectivity index (χ3n) is 3.97. The molecule has 3 aromatic carbocycles. The number of hydrogen-bond donors (Lipinski definition) is 0. The van der Waals surface area contributed by atoms with Crippen LogP contribution in [0.15, 0.2) is 72.8 Å². The van der Waals surface area contributed by atoms with Crippen molar-refractivity contribution in [3.05, 3.63) is 77.8 Å². The summed E-state index contributed by atoms with van der Waals surface area (Å²) < 4.78 is 7.60. The summed E-state index contributed by atoms with van der Waals surface area (Å²) in [6.45, 7) is 0. The van der Waals surface area contributed by atoms with Crippen molar-refractivity contribution >= 4 is 22.6 Å². The van der Waals surface area contributed by atoms with E-state index in [0.717, 1.165) is 33.9 Å². The molecular weight excluding hydrogens is 320 g/mol. The number of methoxy groups -OCH3 is 1. The Balaban J connectivity index is 2.09. The van der Waals surface area contributed by atoms with Crippen molar-refractivity contribution in [1.82, 2.24) is 9.55 Å². The second-order valence-electron chi connectivity index (χ2n) is 5.44. The zero-order chi connectivity index (χ0) is 16.5. The Hall–Kier alpha value is -2.78. The van der Waals surface area contributed by atoms with Crippen LogP contribution in [0.25, 0.3) is 28.1 Å². The number of para-hydroxylation sites is 1. The van der Waals surface area contributed by atoms with E-state index >= 15 is 0 Å². The first-order chi connectivity index (χ1) is 11.8. The first-order valence-corrected chi connectivity index (χ1v) is 8.02. The van der Waals surface area contributed by atoms with E-state index in [0.29, 0.717) is 5.02 Å². The highest BCUT2D eigenvalue weighted by atomic mass is 35.5. The summed E-state index contributed by atoms with van der Waals surface area (Å²) in [5.74, 6) is 1.61. The number of imidazole rings is 1. The van der Waals surface area contributed by atoms with Gasteiger partial charge in [-0.3, -0.25) is 4.57 Å². The molecule has 0 radical (unpaired) electrons. The Labute approximate surface area is 145 Å². The number of halogens is 1. The predicted molar refractivity (Wildman–Crippen MR) is 98.1 cm³/mol. The molecule has 0 amide bonds. The summed E-state index contributed by atoms with van der Waals surface area (Å²) >= 11 is 6.21. The number of nitrogens with zero attached hydrogens (tertiary/aromatic N) is 2. The molecule has 3 nitrogen and oxygen atoms in total. The monoisotopic (exact) mass is 334 g/mol.